The topological polar surface area (TPSA) is 30.5 Å². The van der Waals surface area contributed by atoms with Crippen LogP contribution in [0.25, 0.3) is 11.1 Å². The number of hydrogen-bond donors (Lipinski definition) is 1. The van der Waals surface area contributed by atoms with Gasteiger partial charge in [-0.15, -0.1) is 0 Å². The van der Waals surface area contributed by atoms with Gasteiger partial charge in [0.2, 0.25) is 0 Å². The average molecular weight is 501 g/mol. The van der Waals surface area contributed by atoms with Gasteiger partial charge in [0.05, 0.1) is 11.6 Å². The van der Waals surface area contributed by atoms with E-state index in [1.54, 1.807) is 0 Å². The van der Waals surface area contributed by atoms with Crippen LogP contribution in [-0.4, -0.2) is 13.2 Å². The van der Waals surface area contributed by atoms with Crippen LogP contribution in [0.1, 0.15) is 30.9 Å². The first-order valence-corrected chi connectivity index (χ1v) is 11.9. The van der Waals surface area contributed by atoms with Crippen LogP contribution in [0.3, 0.4) is 0 Å². The van der Waals surface area contributed by atoms with Crippen molar-refractivity contribution in [2.45, 2.75) is 32.9 Å². The van der Waals surface area contributed by atoms with Crippen LogP contribution in [0.4, 0.5) is 0 Å². The van der Waals surface area contributed by atoms with E-state index in [-0.39, 0.29) is 0 Å². The highest BCUT2D eigenvalue weighted by atomic mass is 79.9. The molecule has 162 valence electrons. The highest BCUT2D eigenvalue weighted by Gasteiger charge is 2.23. The lowest BCUT2D eigenvalue weighted by molar-refractivity contribution is 0.284. The summed E-state index contributed by atoms with van der Waals surface area (Å²) in [6, 6.07) is 20.4. The molecule has 1 aliphatic rings. The molecule has 1 N–H and O–H groups in total. The van der Waals surface area contributed by atoms with E-state index in [1.165, 1.54) is 12.8 Å². The van der Waals surface area contributed by atoms with Gasteiger partial charge in [-0.2, -0.15) is 0 Å². The lowest BCUT2D eigenvalue weighted by Crippen LogP contribution is -2.13. The maximum Gasteiger partial charge on any atom is 0.142 e. The van der Waals surface area contributed by atoms with Gasteiger partial charge in [-0.3, -0.25) is 0 Å². The summed E-state index contributed by atoms with van der Waals surface area (Å²) in [7, 11) is 0. The molecule has 0 aliphatic heterocycles. The van der Waals surface area contributed by atoms with E-state index < -0.39 is 0 Å². The third kappa shape index (κ3) is 5.82. The van der Waals surface area contributed by atoms with Crippen LogP contribution in [0.5, 0.6) is 11.5 Å². The van der Waals surface area contributed by atoms with Crippen molar-refractivity contribution in [2.75, 3.05) is 13.2 Å². The predicted molar refractivity (Wildman–Crippen MR) is 131 cm³/mol. The third-order valence-electron chi connectivity index (χ3n) is 5.40. The SMILES string of the molecule is CCNCc1cc(Cl)c(OCc2cccc(-c3ccccc3)c2Br)cc1OCC1CC1. The van der Waals surface area contributed by atoms with E-state index in [0.29, 0.717) is 23.3 Å². The number of rotatable bonds is 10. The predicted octanol–water partition coefficient (Wildman–Crippen LogP) is 7.25. The normalized spacial score (nSPS) is 13.3. The van der Waals surface area contributed by atoms with Gasteiger partial charge >= 0.3 is 0 Å². The molecule has 0 radical (unpaired) electrons. The Morgan fingerprint density at radius 3 is 2.52 bits per heavy atom. The number of hydrogen-bond acceptors (Lipinski definition) is 3. The minimum Gasteiger partial charge on any atom is -0.493 e. The van der Waals surface area contributed by atoms with Crippen molar-refractivity contribution in [3.8, 4) is 22.6 Å². The lowest BCUT2D eigenvalue weighted by Gasteiger charge is -2.16. The Labute approximate surface area is 197 Å². The van der Waals surface area contributed by atoms with Crippen molar-refractivity contribution in [3.05, 3.63) is 81.3 Å². The number of halogens is 2. The smallest absolute Gasteiger partial charge is 0.142 e. The summed E-state index contributed by atoms with van der Waals surface area (Å²) >= 11 is 10.3. The second kappa shape index (κ2) is 10.5. The average Bonchev–Trinajstić information content (AvgIpc) is 3.62. The van der Waals surface area contributed by atoms with Crippen LogP contribution >= 0.6 is 27.5 Å². The molecule has 3 aromatic rings. The Bertz CT molecular complexity index is 1020. The molecule has 3 nitrogen and oxygen atoms in total. The zero-order valence-corrected chi connectivity index (χ0v) is 20.0. The van der Waals surface area contributed by atoms with Gasteiger partial charge in [-0.1, -0.05) is 67.1 Å². The van der Waals surface area contributed by atoms with Gasteiger partial charge in [0, 0.05) is 28.2 Å². The fourth-order valence-electron chi connectivity index (χ4n) is 3.40. The van der Waals surface area contributed by atoms with Crippen LogP contribution in [0, 0.1) is 5.92 Å². The second-order valence-electron chi connectivity index (χ2n) is 7.86. The van der Waals surface area contributed by atoms with Gasteiger partial charge in [-0.25, -0.2) is 0 Å². The molecule has 5 heteroatoms. The van der Waals surface area contributed by atoms with Crippen LogP contribution in [-0.2, 0) is 13.2 Å². The maximum absolute atomic E-state index is 6.57. The molecule has 1 fully saturated rings. The van der Waals surface area contributed by atoms with Gasteiger partial charge in [-0.05, 0) is 58.4 Å². The van der Waals surface area contributed by atoms with Gasteiger partial charge in [0.15, 0.2) is 0 Å². The molecule has 3 aromatic carbocycles. The second-order valence-corrected chi connectivity index (χ2v) is 9.06. The Hall–Kier alpha value is -2.01. The van der Waals surface area contributed by atoms with E-state index >= 15 is 0 Å². The van der Waals surface area contributed by atoms with Gasteiger partial charge in [0.1, 0.15) is 18.1 Å². The van der Waals surface area contributed by atoms with Crippen molar-refractivity contribution < 1.29 is 9.47 Å². The van der Waals surface area contributed by atoms with E-state index in [4.69, 9.17) is 21.1 Å². The summed E-state index contributed by atoms with van der Waals surface area (Å²) in [5.74, 6) is 2.18. The zero-order valence-electron chi connectivity index (χ0n) is 17.7. The molecule has 0 heterocycles. The fourth-order valence-corrected chi connectivity index (χ4v) is 4.25. The molecule has 4 rings (SSSR count). The van der Waals surface area contributed by atoms with E-state index in [2.05, 4.69) is 58.5 Å². The van der Waals surface area contributed by atoms with Crippen molar-refractivity contribution in [2.24, 2.45) is 5.92 Å². The molecule has 1 saturated carbocycles. The molecular formula is C26H27BrClNO2. The lowest BCUT2D eigenvalue weighted by atomic mass is 10.0. The molecule has 0 saturated heterocycles. The molecule has 0 bridgehead atoms. The van der Waals surface area contributed by atoms with E-state index in [9.17, 15) is 0 Å². The Balaban J connectivity index is 1.53. The summed E-state index contributed by atoms with van der Waals surface area (Å²) in [4.78, 5) is 0. The minimum atomic E-state index is 0.412. The summed E-state index contributed by atoms with van der Waals surface area (Å²) in [6.45, 7) is 4.87. The highest BCUT2D eigenvalue weighted by molar-refractivity contribution is 9.10. The minimum absolute atomic E-state index is 0.412. The number of nitrogens with one attached hydrogen (secondary N) is 1. The van der Waals surface area contributed by atoms with Crippen molar-refractivity contribution >= 4 is 27.5 Å². The summed E-state index contributed by atoms with van der Waals surface area (Å²) in [5, 5.41) is 3.96. The van der Waals surface area contributed by atoms with Crippen molar-refractivity contribution in [3.63, 3.8) is 0 Å². The fraction of sp³-hybridized carbons (Fsp3) is 0.308. The van der Waals surface area contributed by atoms with Gasteiger partial charge in [0.25, 0.3) is 0 Å². The Morgan fingerprint density at radius 2 is 1.77 bits per heavy atom. The van der Waals surface area contributed by atoms with Crippen LogP contribution in [0.15, 0.2) is 65.1 Å². The quantitative estimate of drug-likeness (QED) is 0.318. The monoisotopic (exact) mass is 499 g/mol. The summed E-state index contributed by atoms with van der Waals surface area (Å²) < 4.78 is 13.3. The molecule has 0 amide bonds. The summed E-state index contributed by atoms with van der Waals surface area (Å²) in [6.07, 6.45) is 2.51. The van der Waals surface area contributed by atoms with Crippen molar-refractivity contribution in [1.82, 2.24) is 5.32 Å². The number of benzene rings is 3. The Kier molecular flexibility index (Phi) is 7.54. The van der Waals surface area contributed by atoms with Gasteiger partial charge < -0.3 is 14.8 Å². The first-order chi connectivity index (χ1) is 15.2. The standard InChI is InChI=1S/C26H27BrClNO2/c1-2-29-15-21-13-23(28)25(14-24(21)30-16-18-11-12-18)31-17-20-9-6-10-22(26(20)27)19-7-4-3-5-8-19/h3-10,13-14,18,29H,2,11-12,15-17H2,1H3. The molecule has 31 heavy (non-hydrogen) atoms. The Morgan fingerprint density at radius 1 is 0.968 bits per heavy atom. The maximum atomic E-state index is 6.57. The summed E-state index contributed by atoms with van der Waals surface area (Å²) in [5.41, 5.74) is 4.43. The van der Waals surface area contributed by atoms with Crippen LogP contribution < -0.4 is 14.8 Å². The van der Waals surface area contributed by atoms with Crippen LogP contribution in [0.2, 0.25) is 5.02 Å². The first kappa shape index (κ1) is 22.2. The number of ether oxygens (including phenoxy) is 2. The molecular weight excluding hydrogens is 474 g/mol. The van der Waals surface area contributed by atoms with Crippen molar-refractivity contribution in [1.29, 1.82) is 0 Å². The highest BCUT2D eigenvalue weighted by Crippen LogP contribution is 2.37. The largest absolute Gasteiger partial charge is 0.493 e. The molecule has 0 unspecified atom stereocenters. The molecule has 0 aromatic heterocycles. The molecule has 1 aliphatic carbocycles. The first-order valence-electron chi connectivity index (χ1n) is 10.8. The van der Waals surface area contributed by atoms with E-state index in [0.717, 1.165) is 52.2 Å². The third-order valence-corrected chi connectivity index (χ3v) is 6.63. The molecule has 0 spiro atoms. The van der Waals surface area contributed by atoms with E-state index in [1.807, 2.05) is 30.3 Å². The zero-order chi connectivity index (χ0) is 21.6. The molecule has 0 atom stereocenters.